The molecule has 0 saturated carbocycles. The normalized spacial score (nSPS) is 16.2. The number of aromatic nitrogens is 5. The zero-order valence-corrected chi connectivity index (χ0v) is 42.8. The second-order valence-corrected chi connectivity index (χ2v) is 19.8. The first-order chi connectivity index (χ1) is 35.3. The van der Waals surface area contributed by atoms with E-state index in [0.717, 1.165) is 119 Å². The summed E-state index contributed by atoms with van der Waals surface area (Å²) < 4.78 is 7.59. The maximum atomic E-state index is 13.9. The molecule has 18 heteroatoms. The number of amides is 2. The fourth-order valence-corrected chi connectivity index (χ4v) is 10.6. The first-order valence-corrected chi connectivity index (χ1v) is 25.5. The van der Waals surface area contributed by atoms with Gasteiger partial charge in [-0.25, -0.2) is 19.4 Å². The number of likely N-dealkylation sites (tertiary alicyclic amines) is 1. The molecule has 0 atom stereocenters. The molecular weight excluding hydrogens is 925 g/mol. The highest BCUT2D eigenvalue weighted by Crippen LogP contribution is 2.39. The van der Waals surface area contributed by atoms with Gasteiger partial charge in [0.05, 0.1) is 29.7 Å². The van der Waals surface area contributed by atoms with Crippen molar-refractivity contribution in [3.63, 3.8) is 0 Å². The minimum atomic E-state index is -0.417. The summed E-state index contributed by atoms with van der Waals surface area (Å²) in [6, 6.07) is 25.4. The van der Waals surface area contributed by atoms with Crippen LogP contribution >= 0.6 is 0 Å². The van der Waals surface area contributed by atoms with Gasteiger partial charge in [0.2, 0.25) is 18.3 Å². The van der Waals surface area contributed by atoms with Crippen molar-refractivity contribution in [2.75, 3.05) is 93.1 Å². The number of hydrogen-bond donors (Lipinski definition) is 4. The number of aromatic hydroxyl groups is 2. The number of piperidine rings is 2. The molecule has 5 heterocycles. The third kappa shape index (κ3) is 11.0. The molecular formula is C55H68N12O6. The summed E-state index contributed by atoms with van der Waals surface area (Å²) in [7, 11) is 3.61. The molecule has 0 spiro atoms. The van der Waals surface area contributed by atoms with Crippen LogP contribution in [0.5, 0.6) is 17.2 Å². The van der Waals surface area contributed by atoms with Crippen LogP contribution in [0.3, 0.4) is 0 Å². The van der Waals surface area contributed by atoms with Crippen molar-refractivity contribution in [1.29, 1.82) is 0 Å². The van der Waals surface area contributed by atoms with E-state index in [4.69, 9.17) is 9.72 Å². The highest BCUT2D eigenvalue weighted by Gasteiger charge is 2.34. The Hall–Kier alpha value is -7.44. The number of hydrogen-bond acceptors (Lipinski definition) is 14. The molecule has 6 aromatic rings. The van der Waals surface area contributed by atoms with Gasteiger partial charge in [0.25, 0.3) is 0 Å². The molecule has 2 amide bonds. The number of carbonyl (C=O) groups excluding carboxylic acids is 2. The van der Waals surface area contributed by atoms with Gasteiger partial charge in [0.1, 0.15) is 22.9 Å². The van der Waals surface area contributed by atoms with Crippen molar-refractivity contribution in [3.05, 3.63) is 112 Å². The maximum Gasteiger partial charge on any atom is 0.348 e. The van der Waals surface area contributed by atoms with E-state index >= 15 is 0 Å². The number of nitrogens with zero attached hydrogens (tertiary/aromatic N) is 10. The van der Waals surface area contributed by atoms with Crippen LogP contribution in [0.2, 0.25) is 0 Å². The van der Waals surface area contributed by atoms with Gasteiger partial charge in [-0.15, -0.1) is 0 Å². The molecule has 3 aliphatic heterocycles. The Morgan fingerprint density at radius 1 is 0.877 bits per heavy atom. The van der Waals surface area contributed by atoms with Crippen molar-refractivity contribution < 1.29 is 24.5 Å². The number of anilines is 6. The molecule has 73 heavy (non-hydrogen) atoms. The summed E-state index contributed by atoms with van der Waals surface area (Å²) in [4.78, 5) is 61.1. The van der Waals surface area contributed by atoms with E-state index in [1.807, 2.05) is 100 Å². The molecule has 3 saturated heterocycles. The van der Waals surface area contributed by atoms with Gasteiger partial charge in [-0.2, -0.15) is 10.1 Å². The summed E-state index contributed by atoms with van der Waals surface area (Å²) in [5, 5.41) is 31.2. The number of para-hydroxylation sites is 1. The molecule has 4 N–H and O–H groups in total. The van der Waals surface area contributed by atoms with E-state index in [1.54, 1.807) is 19.3 Å². The fourth-order valence-electron chi connectivity index (χ4n) is 10.6. The van der Waals surface area contributed by atoms with Crippen LogP contribution in [0.1, 0.15) is 69.1 Å². The SMILES string of the molecule is CCOc1cc(N2CCC(C(=O)N3CCC(N4CCN(Cc5ccc(-n6c(-c7cc(C(C)C)c(O)cc7O)n[nH]c6=O)cc5)CC4)CC3)CC2)ccc1Nc1ncc(N(C)C=O)c(N(C)c2ccccc2C)n1. The molecule has 0 aliphatic carbocycles. The van der Waals surface area contributed by atoms with Crippen LogP contribution in [-0.2, 0) is 16.1 Å². The quantitative estimate of drug-likeness (QED) is 0.0702. The third-order valence-electron chi connectivity index (χ3n) is 14.8. The number of phenolic OH excluding ortho intramolecular Hbond substituents is 2. The number of aryl methyl sites for hydroxylation is 1. The molecule has 4 aromatic carbocycles. The van der Waals surface area contributed by atoms with E-state index in [1.165, 1.54) is 15.5 Å². The molecule has 3 aliphatic rings. The number of H-pyrrole nitrogens is 1. The number of aromatic amines is 1. The van der Waals surface area contributed by atoms with Gasteiger partial charge < -0.3 is 39.9 Å². The first-order valence-electron chi connectivity index (χ1n) is 25.5. The number of piperazine rings is 1. The molecule has 18 nitrogen and oxygen atoms in total. The van der Waals surface area contributed by atoms with Crippen LogP contribution in [0, 0.1) is 12.8 Å². The molecule has 384 valence electrons. The molecule has 0 bridgehead atoms. The average molecular weight is 993 g/mol. The lowest BCUT2D eigenvalue weighted by Crippen LogP contribution is -2.54. The summed E-state index contributed by atoms with van der Waals surface area (Å²) in [6.07, 6.45) is 5.96. The fraction of sp³-hybridized carbons (Fsp3) is 0.418. The van der Waals surface area contributed by atoms with Gasteiger partial charge in [-0.3, -0.25) is 19.4 Å². The van der Waals surface area contributed by atoms with E-state index in [0.29, 0.717) is 52.7 Å². The maximum absolute atomic E-state index is 13.9. The highest BCUT2D eigenvalue weighted by molar-refractivity contribution is 5.85. The Kier molecular flexibility index (Phi) is 15.3. The Labute approximate surface area is 426 Å². The zero-order valence-electron chi connectivity index (χ0n) is 42.8. The number of phenols is 2. The van der Waals surface area contributed by atoms with E-state index in [-0.39, 0.29) is 35.1 Å². The Balaban J connectivity index is 0.742. The second kappa shape index (κ2) is 22.1. The number of rotatable bonds is 16. The van der Waals surface area contributed by atoms with E-state index in [2.05, 4.69) is 46.2 Å². The predicted octanol–water partition coefficient (Wildman–Crippen LogP) is 7.39. The summed E-state index contributed by atoms with van der Waals surface area (Å²) >= 11 is 0. The molecule has 9 rings (SSSR count). The first kappa shape index (κ1) is 50.5. The monoisotopic (exact) mass is 993 g/mol. The average Bonchev–Trinajstić information content (AvgIpc) is 3.79. The summed E-state index contributed by atoms with van der Waals surface area (Å²) in [6.45, 7) is 16.2. The minimum Gasteiger partial charge on any atom is -0.508 e. The lowest BCUT2D eigenvalue weighted by molar-refractivity contribution is -0.138. The number of benzene rings is 4. The van der Waals surface area contributed by atoms with Crippen LogP contribution in [0.15, 0.2) is 89.9 Å². The Morgan fingerprint density at radius 2 is 1.59 bits per heavy atom. The summed E-state index contributed by atoms with van der Waals surface area (Å²) in [5.74, 6) is 2.04. The van der Waals surface area contributed by atoms with Crippen LogP contribution in [0.25, 0.3) is 17.1 Å². The Morgan fingerprint density at radius 3 is 2.27 bits per heavy atom. The summed E-state index contributed by atoms with van der Waals surface area (Å²) in [5.41, 5.74) is 6.74. The third-order valence-corrected chi connectivity index (χ3v) is 14.8. The highest BCUT2D eigenvalue weighted by atomic mass is 16.5. The van der Waals surface area contributed by atoms with Crippen LogP contribution < -0.4 is 30.4 Å². The standard InChI is InChI=1S/C55H68N12O6/c1-7-73-50-30-42(16-17-45(50)57-54-56-33-47(61(5)35-68)52(58-54)62(6)46-11-9-8-10-37(46)4)64-22-18-39(19-23-64)53(71)66-24-20-40(21-25-66)65-28-26-63(27-29-65)34-38-12-14-41(15-13-38)67-51(59-60-55(67)72)44-31-43(36(2)3)48(69)32-49(44)70/h8-17,30-33,35-36,39-40,69-70H,7,18-29,34H2,1-6H3,(H,60,72)(H,56,57,58). The molecule has 0 radical (unpaired) electrons. The van der Waals surface area contributed by atoms with Gasteiger partial charge in [-0.1, -0.05) is 44.2 Å². The van der Waals surface area contributed by atoms with Crippen LogP contribution in [-0.4, -0.2) is 141 Å². The Bertz CT molecular complexity index is 2950. The van der Waals surface area contributed by atoms with Gasteiger partial charge in [0, 0.05) is 108 Å². The van der Waals surface area contributed by atoms with Gasteiger partial charge in [-0.05, 0) is 98.5 Å². The topological polar surface area (TPSA) is 192 Å². The minimum absolute atomic E-state index is 0.000559. The lowest BCUT2D eigenvalue weighted by Gasteiger charge is -2.43. The largest absolute Gasteiger partial charge is 0.508 e. The predicted molar refractivity (Wildman–Crippen MR) is 285 cm³/mol. The van der Waals surface area contributed by atoms with Crippen molar-refractivity contribution >= 4 is 46.8 Å². The molecule has 3 fully saturated rings. The van der Waals surface area contributed by atoms with Crippen molar-refractivity contribution in [3.8, 4) is 34.3 Å². The molecule has 2 aromatic heterocycles. The number of ether oxygens (including phenoxy) is 1. The van der Waals surface area contributed by atoms with Gasteiger partial charge in [0.15, 0.2) is 11.6 Å². The zero-order chi connectivity index (χ0) is 51.3. The van der Waals surface area contributed by atoms with E-state index in [9.17, 15) is 24.6 Å². The van der Waals surface area contributed by atoms with Crippen molar-refractivity contribution in [1.82, 2.24) is 39.4 Å². The second-order valence-electron chi connectivity index (χ2n) is 19.8. The van der Waals surface area contributed by atoms with Crippen molar-refractivity contribution in [2.24, 2.45) is 5.92 Å². The van der Waals surface area contributed by atoms with Crippen molar-refractivity contribution in [2.45, 2.75) is 71.9 Å². The smallest absolute Gasteiger partial charge is 0.348 e. The number of nitrogens with one attached hydrogen (secondary N) is 2. The molecule has 0 unspecified atom stereocenters. The lowest BCUT2D eigenvalue weighted by atomic mass is 9.93. The van der Waals surface area contributed by atoms with Crippen LogP contribution in [0.4, 0.5) is 34.5 Å². The van der Waals surface area contributed by atoms with Gasteiger partial charge >= 0.3 is 5.69 Å². The van der Waals surface area contributed by atoms with E-state index < -0.39 is 5.69 Å². The number of carbonyl (C=O) groups is 2.